The van der Waals surface area contributed by atoms with Crippen molar-refractivity contribution in [1.82, 2.24) is 10.2 Å². The van der Waals surface area contributed by atoms with Crippen molar-refractivity contribution < 1.29 is 0 Å². The molecular weight excluding hydrogens is 184 g/mol. The molecule has 0 aliphatic heterocycles. The van der Waals surface area contributed by atoms with Gasteiger partial charge in [-0.3, -0.25) is 5.10 Å². The number of rotatable bonds is 3. The van der Waals surface area contributed by atoms with E-state index in [4.69, 9.17) is 0 Å². The van der Waals surface area contributed by atoms with Gasteiger partial charge in [0.1, 0.15) is 0 Å². The number of aromatic nitrogens is 2. The minimum absolute atomic E-state index is 0.458. The summed E-state index contributed by atoms with van der Waals surface area (Å²) < 4.78 is 0. The van der Waals surface area contributed by atoms with Gasteiger partial charge in [0, 0.05) is 11.3 Å². The fourth-order valence-corrected chi connectivity index (χ4v) is 1.32. The summed E-state index contributed by atoms with van der Waals surface area (Å²) in [5.74, 6) is 0.458. The Kier molecular flexibility index (Phi) is 6.43. The summed E-state index contributed by atoms with van der Waals surface area (Å²) in [5, 5.41) is 7.25. The van der Waals surface area contributed by atoms with Crippen molar-refractivity contribution in [3.8, 4) is 0 Å². The molecule has 1 rings (SSSR count). The zero-order valence-corrected chi connectivity index (χ0v) is 10.5. The summed E-state index contributed by atoms with van der Waals surface area (Å²) in [5.41, 5.74) is 3.25. The van der Waals surface area contributed by atoms with Crippen LogP contribution in [-0.4, -0.2) is 10.2 Å². The maximum Gasteiger partial charge on any atom is 0.0920 e. The minimum atomic E-state index is 0.458. The molecule has 2 nitrogen and oxygen atoms in total. The van der Waals surface area contributed by atoms with E-state index in [1.165, 1.54) is 0 Å². The zero-order valence-electron chi connectivity index (χ0n) is 10.5. The van der Waals surface area contributed by atoms with Gasteiger partial charge in [0.25, 0.3) is 0 Å². The van der Waals surface area contributed by atoms with Crippen LogP contribution in [0.4, 0.5) is 0 Å². The molecule has 1 aromatic rings. The molecule has 1 aromatic heterocycles. The van der Waals surface area contributed by atoms with Crippen LogP contribution < -0.4 is 0 Å². The molecule has 0 amide bonds. The first-order chi connectivity index (χ1) is 7.20. The van der Waals surface area contributed by atoms with Crippen molar-refractivity contribution in [2.45, 2.75) is 40.5 Å². The van der Waals surface area contributed by atoms with Crippen molar-refractivity contribution in [1.29, 1.82) is 0 Å². The van der Waals surface area contributed by atoms with Gasteiger partial charge in [-0.1, -0.05) is 46.4 Å². The van der Waals surface area contributed by atoms with Crippen LogP contribution in [0.5, 0.6) is 0 Å². The Morgan fingerprint density at radius 3 is 2.33 bits per heavy atom. The topological polar surface area (TPSA) is 28.7 Å². The summed E-state index contributed by atoms with van der Waals surface area (Å²) in [4.78, 5) is 0. The van der Waals surface area contributed by atoms with Gasteiger partial charge in [-0.15, -0.1) is 0 Å². The molecule has 1 N–H and O–H groups in total. The first-order valence-corrected chi connectivity index (χ1v) is 5.54. The van der Waals surface area contributed by atoms with Gasteiger partial charge in [-0.05, 0) is 18.9 Å². The van der Waals surface area contributed by atoms with Gasteiger partial charge in [0.2, 0.25) is 0 Å². The third kappa shape index (κ3) is 3.39. The predicted molar refractivity (Wildman–Crippen MR) is 68.8 cm³/mol. The Morgan fingerprint density at radius 2 is 1.93 bits per heavy atom. The first kappa shape index (κ1) is 13.7. The summed E-state index contributed by atoms with van der Waals surface area (Å²) >= 11 is 0. The van der Waals surface area contributed by atoms with Crippen LogP contribution in [0.15, 0.2) is 12.7 Å². The summed E-state index contributed by atoms with van der Waals surface area (Å²) in [6.45, 7) is 14.1. The Morgan fingerprint density at radius 1 is 1.33 bits per heavy atom. The van der Waals surface area contributed by atoms with Gasteiger partial charge in [0.05, 0.1) is 5.69 Å². The van der Waals surface area contributed by atoms with E-state index in [2.05, 4.69) is 30.6 Å². The molecule has 2 heteroatoms. The molecule has 84 valence electrons. The molecule has 0 saturated carbocycles. The standard InChI is InChI=1S/C11H16N2.C2H6/c1-5-7-10-9(6-2)11(8(3)4)13-12-10;1-2/h5-8H,2H2,1,3-4H3,(H,12,13);1-2H3/b7-5-;. The lowest BCUT2D eigenvalue weighted by molar-refractivity contribution is 0.808. The highest BCUT2D eigenvalue weighted by Crippen LogP contribution is 2.21. The smallest absolute Gasteiger partial charge is 0.0920 e. The number of aromatic amines is 1. The number of nitrogens with one attached hydrogen (secondary N) is 1. The van der Waals surface area contributed by atoms with Crippen molar-refractivity contribution in [3.63, 3.8) is 0 Å². The van der Waals surface area contributed by atoms with Crippen molar-refractivity contribution in [2.75, 3.05) is 0 Å². The second-order valence-corrected chi connectivity index (χ2v) is 3.30. The van der Waals surface area contributed by atoms with Gasteiger partial charge in [-0.25, -0.2) is 0 Å². The highest BCUT2D eigenvalue weighted by atomic mass is 15.1. The Bertz CT molecular complexity index is 319. The average Bonchev–Trinajstić information content (AvgIpc) is 2.64. The Balaban J connectivity index is 0.000000921. The Labute approximate surface area is 93.1 Å². The minimum Gasteiger partial charge on any atom is -0.281 e. The van der Waals surface area contributed by atoms with Crippen molar-refractivity contribution in [2.24, 2.45) is 0 Å². The molecular formula is C13H22N2. The molecule has 0 saturated heterocycles. The van der Waals surface area contributed by atoms with Gasteiger partial charge < -0.3 is 0 Å². The van der Waals surface area contributed by atoms with Crippen LogP contribution in [-0.2, 0) is 0 Å². The van der Waals surface area contributed by atoms with E-state index < -0.39 is 0 Å². The maximum atomic E-state index is 4.21. The normalized spacial score (nSPS) is 10.3. The predicted octanol–water partition coefficient (Wildman–Crippen LogP) is 4.24. The lowest BCUT2D eigenvalue weighted by Crippen LogP contribution is -1.89. The third-order valence-electron chi connectivity index (χ3n) is 1.97. The molecule has 1 heterocycles. The average molecular weight is 206 g/mol. The third-order valence-corrected chi connectivity index (χ3v) is 1.97. The summed E-state index contributed by atoms with van der Waals surface area (Å²) in [6.07, 6.45) is 5.82. The van der Waals surface area contributed by atoms with Crippen molar-refractivity contribution >= 4 is 12.2 Å². The van der Waals surface area contributed by atoms with Gasteiger partial charge in [-0.2, -0.15) is 5.10 Å². The van der Waals surface area contributed by atoms with E-state index in [1.807, 2.05) is 39.0 Å². The molecule has 0 bridgehead atoms. The van der Waals surface area contributed by atoms with Gasteiger partial charge in [0.15, 0.2) is 0 Å². The van der Waals surface area contributed by atoms with E-state index >= 15 is 0 Å². The largest absolute Gasteiger partial charge is 0.281 e. The van der Waals surface area contributed by atoms with Crippen LogP contribution in [0.2, 0.25) is 0 Å². The summed E-state index contributed by atoms with van der Waals surface area (Å²) in [6, 6.07) is 0. The fraction of sp³-hybridized carbons (Fsp3) is 0.462. The number of hydrogen-bond acceptors (Lipinski definition) is 1. The van der Waals surface area contributed by atoms with Gasteiger partial charge >= 0.3 is 0 Å². The monoisotopic (exact) mass is 206 g/mol. The lowest BCUT2D eigenvalue weighted by atomic mass is 10.0. The highest BCUT2D eigenvalue weighted by molar-refractivity contribution is 5.63. The van der Waals surface area contributed by atoms with Crippen molar-refractivity contribution in [3.05, 3.63) is 29.6 Å². The fourth-order valence-electron chi connectivity index (χ4n) is 1.32. The quantitative estimate of drug-likeness (QED) is 0.787. The SMILES string of the molecule is C=Cc1c(/C=C\C)n[nH]c1C(C)C.CC. The van der Waals surface area contributed by atoms with Crippen LogP contribution in [0.1, 0.15) is 57.5 Å². The number of hydrogen-bond donors (Lipinski definition) is 1. The van der Waals surface area contributed by atoms with Crippen LogP contribution in [0.25, 0.3) is 12.2 Å². The molecule has 0 aliphatic carbocycles. The van der Waals surface area contributed by atoms with Crippen LogP contribution >= 0.6 is 0 Å². The second-order valence-electron chi connectivity index (χ2n) is 3.30. The highest BCUT2D eigenvalue weighted by Gasteiger charge is 2.10. The molecule has 15 heavy (non-hydrogen) atoms. The number of allylic oxidation sites excluding steroid dienone is 1. The summed E-state index contributed by atoms with van der Waals surface area (Å²) in [7, 11) is 0. The molecule has 0 aliphatic rings. The zero-order chi connectivity index (χ0) is 11.8. The van der Waals surface area contributed by atoms with E-state index in [1.54, 1.807) is 0 Å². The Hall–Kier alpha value is -1.31. The molecule has 0 radical (unpaired) electrons. The van der Waals surface area contributed by atoms with E-state index in [9.17, 15) is 0 Å². The van der Waals surface area contributed by atoms with Crippen LogP contribution in [0.3, 0.4) is 0 Å². The molecule has 0 fully saturated rings. The molecule has 0 atom stereocenters. The van der Waals surface area contributed by atoms with E-state index in [0.717, 1.165) is 17.0 Å². The molecule has 0 aromatic carbocycles. The maximum absolute atomic E-state index is 4.21. The lowest BCUT2D eigenvalue weighted by Gasteiger charge is -2.01. The first-order valence-electron chi connectivity index (χ1n) is 5.54. The number of nitrogens with zero attached hydrogens (tertiary/aromatic N) is 1. The van der Waals surface area contributed by atoms with Crippen LogP contribution in [0, 0.1) is 0 Å². The number of H-pyrrole nitrogens is 1. The van der Waals surface area contributed by atoms with E-state index in [-0.39, 0.29) is 0 Å². The molecule has 0 unspecified atom stereocenters. The van der Waals surface area contributed by atoms with E-state index in [0.29, 0.717) is 5.92 Å². The second kappa shape index (κ2) is 7.04. The molecule has 0 spiro atoms.